The molecule has 0 spiro atoms. The van der Waals surface area contributed by atoms with Crippen molar-refractivity contribution in [2.24, 2.45) is 0 Å². The molecule has 1 atom stereocenters. The number of esters is 1. The summed E-state index contributed by atoms with van der Waals surface area (Å²) in [5.74, 6) is 1.22. The summed E-state index contributed by atoms with van der Waals surface area (Å²) in [4.78, 5) is 22.5. The summed E-state index contributed by atoms with van der Waals surface area (Å²) in [6.45, 7) is 4.94. The Hall–Kier alpha value is -2.18. The highest BCUT2D eigenvalue weighted by Crippen LogP contribution is 2.26. The lowest BCUT2D eigenvalue weighted by Gasteiger charge is -2.25. The molecule has 20 heavy (non-hydrogen) atoms. The highest BCUT2D eigenvalue weighted by molar-refractivity contribution is 5.80. The van der Waals surface area contributed by atoms with Crippen LogP contribution in [0.2, 0.25) is 0 Å². The van der Waals surface area contributed by atoms with Crippen LogP contribution in [0.4, 0.5) is 5.82 Å². The molecule has 0 radical (unpaired) electrons. The monoisotopic (exact) mass is 275 g/mol. The standard InChI is InChI=1S/C13H17N5O2/c1-3-20-12(19)10-5-4-6-17(10)11-7-9(2)16-13-14-8-15-18(11)13/h7-8,10H,3-6H2,1-2H3. The molecule has 7 heteroatoms. The van der Waals surface area contributed by atoms with Crippen molar-refractivity contribution in [2.75, 3.05) is 18.1 Å². The lowest BCUT2D eigenvalue weighted by Crippen LogP contribution is -2.38. The first-order valence-electron chi connectivity index (χ1n) is 6.81. The fourth-order valence-corrected chi connectivity index (χ4v) is 2.64. The summed E-state index contributed by atoms with van der Waals surface area (Å²) in [6.07, 6.45) is 3.23. The van der Waals surface area contributed by atoms with Crippen LogP contribution in [0.5, 0.6) is 0 Å². The van der Waals surface area contributed by atoms with Crippen molar-refractivity contribution in [3.8, 4) is 0 Å². The normalized spacial score (nSPS) is 18.7. The van der Waals surface area contributed by atoms with Gasteiger partial charge in [0.25, 0.3) is 5.78 Å². The van der Waals surface area contributed by atoms with Crippen molar-refractivity contribution in [1.82, 2.24) is 19.6 Å². The van der Waals surface area contributed by atoms with Gasteiger partial charge >= 0.3 is 5.97 Å². The molecule has 1 unspecified atom stereocenters. The van der Waals surface area contributed by atoms with Gasteiger partial charge in [-0.25, -0.2) is 9.78 Å². The maximum atomic E-state index is 12.1. The minimum atomic E-state index is -0.246. The van der Waals surface area contributed by atoms with E-state index in [2.05, 4.69) is 15.1 Å². The molecule has 3 rings (SSSR count). The van der Waals surface area contributed by atoms with Gasteiger partial charge in [0.2, 0.25) is 0 Å². The molecule has 0 bridgehead atoms. The van der Waals surface area contributed by atoms with Gasteiger partial charge in [-0.1, -0.05) is 0 Å². The second kappa shape index (κ2) is 5.07. The van der Waals surface area contributed by atoms with Gasteiger partial charge in [-0.15, -0.1) is 0 Å². The predicted octanol–water partition coefficient (Wildman–Crippen LogP) is 0.965. The van der Waals surface area contributed by atoms with Crippen molar-refractivity contribution >= 4 is 17.6 Å². The number of fused-ring (bicyclic) bond motifs is 1. The van der Waals surface area contributed by atoms with Gasteiger partial charge in [0, 0.05) is 18.3 Å². The summed E-state index contributed by atoms with van der Waals surface area (Å²) >= 11 is 0. The van der Waals surface area contributed by atoms with Crippen molar-refractivity contribution in [1.29, 1.82) is 0 Å². The number of ether oxygens (including phenoxy) is 1. The molecule has 106 valence electrons. The third kappa shape index (κ3) is 2.09. The van der Waals surface area contributed by atoms with Gasteiger partial charge < -0.3 is 9.64 Å². The molecular weight excluding hydrogens is 258 g/mol. The molecule has 2 aromatic rings. The average molecular weight is 275 g/mol. The largest absolute Gasteiger partial charge is 0.464 e. The second-order valence-electron chi connectivity index (χ2n) is 4.83. The van der Waals surface area contributed by atoms with Crippen molar-refractivity contribution in [2.45, 2.75) is 32.7 Å². The zero-order valence-electron chi connectivity index (χ0n) is 11.6. The first-order valence-corrected chi connectivity index (χ1v) is 6.81. The molecular formula is C13H17N5O2. The number of anilines is 1. The molecule has 1 aliphatic heterocycles. The summed E-state index contributed by atoms with van der Waals surface area (Å²) in [7, 11) is 0. The maximum absolute atomic E-state index is 12.1. The van der Waals surface area contributed by atoms with E-state index in [1.807, 2.05) is 24.8 Å². The maximum Gasteiger partial charge on any atom is 0.328 e. The number of hydrogen-bond donors (Lipinski definition) is 0. The second-order valence-corrected chi connectivity index (χ2v) is 4.83. The van der Waals surface area contributed by atoms with Crippen LogP contribution in [0, 0.1) is 6.92 Å². The van der Waals surface area contributed by atoms with Crippen LogP contribution in [0.1, 0.15) is 25.5 Å². The third-order valence-corrected chi connectivity index (χ3v) is 3.47. The molecule has 0 amide bonds. The van der Waals surface area contributed by atoms with Crippen LogP contribution in [0.3, 0.4) is 0 Å². The van der Waals surface area contributed by atoms with E-state index in [-0.39, 0.29) is 12.0 Å². The number of rotatable bonds is 3. The fourth-order valence-electron chi connectivity index (χ4n) is 2.64. The quantitative estimate of drug-likeness (QED) is 0.777. The Labute approximate surface area is 116 Å². The first kappa shape index (κ1) is 12.8. The van der Waals surface area contributed by atoms with Crippen LogP contribution >= 0.6 is 0 Å². The number of carbonyl (C=O) groups is 1. The Morgan fingerprint density at radius 2 is 2.40 bits per heavy atom. The van der Waals surface area contributed by atoms with E-state index in [0.717, 1.165) is 30.9 Å². The Morgan fingerprint density at radius 3 is 3.20 bits per heavy atom. The highest BCUT2D eigenvalue weighted by atomic mass is 16.5. The van der Waals surface area contributed by atoms with Gasteiger partial charge in [0.1, 0.15) is 18.2 Å². The molecule has 1 fully saturated rings. The summed E-state index contributed by atoms with van der Waals surface area (Å²) in [5.41, 5.74) is 0.856. The van der Waals surface area contributed by atoms with Crippen molar-refractivity contribution in [3.05, 3.63) is 18.1 Å². The van der Waals surface area contributed by atoms with E-state index < -0.39 is 0 Å². The van der Waals surface area contributed by atoms with E-state index >= 15 is 0 Å². The Morgan fingerprint density at radius 1 is 1.55 bits per heavy atom. The first-order chi connectivity index (χ1) is 9.70. The Kier molecular flexibility index (Phi) is 3.25. The van der Waals surface area contributed by atoms with Crippen LogP contribution in [0.25, 0.3) is 5.78 Å². The fraction of sp³-hybridized carbons (Fsp3) is 0.538. The number of hydrogen-bond acceptors (Lipinski definition) is 6. The highest BCUT2D eigenvalue weighted by Gasteiger charge is 2.33. The number of aryl methyl sites for hydroxylation is 1. The van der Waals surface area contributed by atoms with Crippen LogP contribution in [-0.2, 0) is 9.53 Å². The lowest BCUT2D eigenvalue weighted by molar-refractivity contribution is -0.144. The molecule has 1 saturated heterocycles. The molecule has 2 aromatic heterocycles. The van der Waals surface area contributed by atoms with Gasteiger partial charge in [0.05, 0.1) is 6.61 Å². The van der Waals surface area contributed by atoms with Crippen molar-refractivity contribution in [3.63, 3.8) is 0 Å². The minimum Gasteiger partial charge on any atom is -0.464 e. The molecule has 1 aliphatic rings. The van der Waals surface area contributed by atoms with Crippen molar-refractivity contribution < 1.29 is 9.53 Å². The van der Waals surface area contributed by atoms with Crippen LogP contribution in [-0.4, -0.2) is 44.7 Å². The molecule has 0 saturated carbocycles. The topological polar surface area (TPSA) is 72.6 Å². The SMILES string of the molecule is CCOC(=O)C1CCCN1c1cc(C)nc2ncnn12. The number of nitrogens with zero attached hydrogens (tertiary/aromatic N) is 5. The van der Waals surface area contributed by atoms with Crippen LogP contribution in [0.15, 0.2) is 12.4 Å². The zero-order valence-corrected chi connectivity index (χ0v) is 11.6. The molecule has 0 aliphatic carbocycles. The smallest absolute Gasteiger partial charge is 0.328 e. The molecule has 0 aromatic carbocycles. The summed E-state index contributed by atoms with van der Waals surface area (Å²) < 4.78 is 6.83. The van der Waals surface area contributed by atoms with E-state index in [9.17, 15) is 4.79 Å². The minimum absolute atomic E-state index is 0.173. The van der Waals surface area contributed by atoms with E-state index in [0.29, 0.717) is 12.4 Å². The number of aromatic nitrogens is 4. The van der Waals surface area contributed by atoms with Gasteiger partial charge in [-0.2, -0.15) is 14.6 Å². The predicted molar refractivity (Wildman–Crippen MR) is 72.5 cm³/mol. The average Bonchev–Trinajstić information content (AvgIpc) is 3.06. The zero-order chi connectivity index (χ0) is 14.1. The lowest BCUT2D eigenvalue weighted by atomic mass is 10.2. The van der Waals surface area contributed by atoms with Crippen LogP contribution < -0.4 is 4.90 Å². The summed E-state index contributed by atoms with van der Waals surface area (Å²) in [5, 5.41) is 4.19. The number of carbonyl (C=O) groups excluding carboxylic acids is 1. The molecule has 7 nitrogen and oxygen atoms in total. The third-order valence-electron chi connectivity index (χ3n) is 3.47. The molecule has 3 heterocycles. The Balaban J connectivity index is 2.01. The van der Waals surface area contributed by atoms with E-state index in [1.54, 1.807) is 4.52 Å². The van der Waals surface area contributed by atoms with Gasteiger partial charge in [0.15, 0.2) is 0 Å². The summed E-state index contributed by atoms with van der Waals surface area (Å²) in [6, 6.07) is 1.68. The van der Waals surface area contributed by atoms with E-state index in [1.165, 1.54) is 6.33 Å². The van der Waals surface area contributed by atoms with Gasteiger partial charge in [-0.05, 0) is 26.7 Å². The van der Waals surface area contributed by atoms with E-state index in [4.69, 9.17) is 4.74 Å². The molecule has 0 N–H and O–H groups in total. The van der Waals surface area contributed by atoms with Gasteiger partial charge in [-0.3, -0.25) is 0 Å². The Bertz CT molecular complexity index is 639.